The summed E-state index contributed by atoms with van der Waals surface area (Å²) in [4.78, 5) is 16.1. The molecule has 0 bridgehead atoms. The summed E-state index contributed by atoms with van der Waals surface area (Å²) in [5.41, 5.74) is 9.18. The highest BCUT2D eigenvalue weighted by Gasteiger charge is 2.35. The van der Waals surface area contributed by atoms with Gasteiger partial charge in [-0.1, -0.05) is 147 Å². The van der Waals surface area contributed by atoms with Gasteiger partial charge in [0.2, 0.25) is 5.95 Å². The summed E-state index contributed by atoms with van der Waals surface area (Å²) in [6, 6.07) is 56.8. The van der Waals surface area contributed by atoms with Crippen LogP contribution in [0.1, 0.15) is 25.0 Å². The fraction of sp³-hybridized carbons (Fsp3) is 0.0600. The number of thiophene rings is 1. The molecule has 0 fully saturated rings. The van der Waals surface area contributed by atoms with E-state index in [0.717, 1.165) is 27.5 Å². The van der Waals surface area contributed by atoms with Crippen molar-refractivity contribution in [3.05, 3.63) is 169 Å². The van der Waals surface area contributed by atoms with Crippen LogP contribution in [-0.4, -0.2) is 19.5 Å². The van der Waals surface area contributed by atoms with Gasteiger partial charge < -0.3 is 0 Å². The standard InChI is InChI=1S/C50H32N4S/c1-50(2)39-20-10-7-15-33(39)34-26-25-32(28-40(34)50)48-51-47(31-24-23-29-13-3-4-14-30(29)27-31)52-49(53-48)54-41-21-11-8-18-37(41)43-35-16-5-6-17-36(35)44-38-19-9-12-22-42(38)55-46(44)45(43)54/h3-28H,1-2H3. The fourth-order valence-electron chi connectivity index (χ4n) is 9.23. The van der Waals surface area contributed by atoms with Gasteiger partial charge >= 0.3 is 0 Å². The van der Waals surface area contributed by atoms with E-state index in [2.05, 4.69) is 176 Å². The molecule has 3 heterocycles. The molecule has 0 atom stereocenters. The lowest BCUT2D eigenvalue weighted by Crippen LogP contribution is -2.15. The Morgan fingerprint density at radius 3 is 1.95 bits per heavy atom. The van der Waals surface area contributed by atoms with Gasteiger partial charge in [0.05, 0.1) is 15.7 Å². The molecule has 258 valence electrons. The van der Waals surface area contributed by atoms with Crippen LogP contribution in [0.25, 0.3) is 103 Å². The topological polar surface area (TPSA) is 43.6 Å². The molecule has 8 aromatic carbocycles. The zero-order valence-electron chi connectivity index (χ0n) is 30.2. The molecule has 4 nitrogen and oxygen atoms in total. The number of benzene rings is 8. The monoisotopic (exact) mass is 720 g/mol. The molecule has 3 aromatic heterocycles. The van der Waals surface area contributed by atoms with Gasteiger partial charge in [0.25, 0.3) is 0 Å². The maximum absolute atomic E-state index is 5.44. The van der Waals surface area contributed by atoms with E-state index in [1.165, 1.54) is 69.4 Å². The summed E-state index contributed by atoms with van der Waals surface area (Å²) in [7, 11) is 0. The molecular weight excluding hydrogens is 689 g/mol. The Kier molecular flexibility index (Phi) is 6.24. The first kappa shape index (κ1) is 30.7. The van der Waals surface area contributed by atoms with Crippen LogP contribution in [0, 0.1) is 0 Å². The van der Waals surface area contributed by atoms with Gasteiger partial charge in [0.15, 0.2) is 11.6 Å². The van der Waals surface area contributed by atoms with Crippen molar-refractivity contribution in [2.24, 2.45) is 0 Å². The van der Waals surface area contributed by atoms with Crippen molar-refractivity contribution >= 4 is 74.9 Å². The van der Waals surface area contributed by atoms with Crippen molar-refractivity contribution in [3.8, 4) is 39.9 Å². The molecule has 0 radical (unpaired) electrons. The van der Waals surface area contributed by atoms with Gasteiger partial charge in [-0.05, 0) is 68.1 Å². The fourth-order valence-corrected chi connectivity index (χ4v) is 10.5. The minimum atomic E-state index is -0.153. The third-order valence-electron chi connectivity index (χ3n) is 11.8. The number of hydrogen-bond acceptors (Lipinski definition) is 4. The average molecular weight is 721 g/mol. The molecule has 0 spiro atoms. The second-order valence-electron chi connectivity index (χ2n) is 15.2. The van der Waals surface area contributed by atoms with E-state index in [0.29, 0.717) is 17.6 Å². The normalized spacial score (nSPS) is 13.4. The maximum atomic E-state index is 5.44. The Bertz CT molecular complexity index is 3420. The van der Waals surface area contributed by atoms with Gasteiger partial charge in [0, 0.05) is 42.8 Å². The molecule has 55 heavy (non-hydrogen) atoms. The number of fused-ring (bicyclic) bond motifs is 14. The number of nitrogens with zero attached hydrogens (tertiary/aromatic N) is 4. The second kappa shape index (κ2) is 11.2. The van der Waals surface area contributed by atoms with E-state index in [1.807, 2.05) is 11.3 Å². The first-order chi connectivity index (χ1) is 27.0. The van der Waals surface area contributed by atoms with Crippen LogP contribution >= 0.6 is 11.3 Å². The minimum absolute atomic E-state index is 0.153. The molecule has 1 aliphatic rings. The summed E-state index contributed by atoms with van der Waals surface area (Å²) in [6.07, 6.45) is 0. The number of aromatic nitrogens is 4. The van der Waals surface area contributed by atoms with Crippen LogP contribution < -0.4 is 0 Å². The van der Waals surface area contributed by atoms with Gasteiger partial charge in [0.1, 0.15) is 0 Å². The van der Waals surface area contributed by atoms with Gasteiger partial charge in [-0.25, -0.2) is 4.98 Å². The summed E-state index contributed by atoms with van der Waals surface area (Å²) in [5, 5.41) is 9.77. The largest absolute Gasteiger partial charge is 0.276 e. The second-order valence-corrected chi connectivity index (χ2v) is 16.3. The maximum Gasteiger partial charge on any atom is 0.238 e. The predicted octanol–water partition coefficient (Wildman–Crippen LogP) is 13.3. The molecule has 1 aliphatic carbocycles. The highest BCUT2D eigenvalue weighted by molar-refractivity contribution is 7.27. The van der Waals surface area contributed by atoms with E-state index >= 15 is 0 Å². The Labute approximate surface area is 321 Å². The van der Waals surface area contributed by atoms with Gasteiger partial charge in [-0.3, -0.25) is 4.57 Å². The van der Waals surface area contributed by atoms with Crippen LogP contribution in [0.4, 0.5) is 0 Å². The van der Waals surface area contributed by atoms with Crippen LogP contribution in [0.3, 0.4) is 0 Å². The Hall–Kier alpha value is -6.69. The molecule has 0 N–H and O–H groups in total. The van der Waals surface area contributed by atoms with Crippen molar-refractivity contribution in [1.82, 2.24) is 19.5 Å². The molecule has 0 unspecified atom stereocenters. The Balaban J connectivity index is 1.20. The third-order valence-corrected chi connectivity index (χ3v) is 13.0. The van der Waals surface area contributed by atoms with Crippen molar-refractivity contribution in [1.29, 1.82) is 0 Å². The lowest BCUT2D eigenvalue weighted by atomic mass is 9.82. The molecule has 12 rings (SSSR count). The van der Waals surface area contributed by atoms with E-state index < -0.39 is 0 Å². The molecular formula is C50H32N4S. The third kappa shape index (κ3) is 4.30. The van der Waals surface area contributed by atoms with Gasteiger partial charge in [-0.2, -0.15) is 9.97 Å². The van der Waals surface area contributed by atoms with Crippen LogP contribution in [0.15, 0.2) is 158 Å². The minimum Gasteiger partial charge on any atom is -0.276 e. The van der Waals surface area contributed by atoms with E-state index in [-0.39, 0.29) is 5.41 Å². The van der Waals surface area contributed by atoms with E-state index in [4.69, 9.17) is 15.0 Å². The first-order valence-electron chi connectivity index (χ1n) is 18.8. The highest BCUT2D eigenvalue weighted by Crippen LogP contribution is 2.50. The Morgan fingerprint density at radius 2 is 1.11 bits per heavy atom. The lowest BCUT2D eigenvalue weighted by molar-refractivity contribution is 0.660. The van der Waals surface area contributed by atoms with E-state index in [1.54, 1.807) is 0 Å². The number of rotatable bonds is 3. The summed E-state index contributed by atoms with van der Waals surface area (Å²) in [6.45, 7) is 4.64. The number of hydrogen-bond donors (Lipinski definition) is 0. The molecule has 5 heteroatoms. The molecule has 11 aromatic rings. The predicted molar refractivity (Wildman–Crippen MR) is 231 cm³/mol. The lowest BCUT2D eigenvalue weighted by Gasteiger charge is -2.21. The Morgan fingerprint density at radius 1 is 0.491 bits per heavy atom. The van der Waals surface area contributed by atoms with Crippen molar-refractivity contribution < 1.29 is 0 Å². The zero-order chi connectivity index (χ0) is 36.4. The van der Waals surface area contributed by atoms with E-state index in [9.17, 15) is 0 Å². The summed E-state index contributed by atoms with van der Waals surface area (Å²) in [5.74, 6) is 1.91. The molecule has 0 saturated heterocycles. The summed E-state index contributed by atoms with van der Waals surface area (Å²) >= 11 is 1.85. The van der Waals surface area contributed by atoms with Crippen molar-refractivity contribution in [2.45, 2.75) is 19.3 Å². The van der Waals surface area contributed by atoms with Crippen molar-refractivity contribution in [3.63, 3.8) is 0 Å². The van der Waals surface area contributed by atoms with Crippen LogP contribution in [-0.2, 0) is 5.41 Å². The quantitative estimate of drug-likeness (QED) is 0.182. The molecule has 0 saturated carbocycles. The smallest absolute Gasteiger partial charge is 0.238 e. The molecule has 0 amide bonds. The SMILES string of the molecule is CC1(C)c2ccccc2-c2ccc(-c3nc(-c4ccc5ccccc5c4)nc(-n4c5ccccc5c5c6ccccc6c6c7ccccc7sc6c54)n3)cc21. The highest BCUT2D eigenvalue weighted by atomic mass is 32.1. The zero-order valence-corrected chi connectivity index (χ0v) is 31.0. The molecule has 0 aliphatic heterocycles. The van der Waals surface area contributed by atoms with Crippen LogP contribution in [0.2, 0.25) is 0 Å². The number of para-hydroxylation sites is 1. The van der Waals surface area contributed by atoms with Crippen LogP contribution in [0.5, 0.6) is 0 Å². The van der Waals surface area contributed by atoms with Gasteiger partial charge in [-0.15, -0.1) is 11.3 Å². The average Bonchev–Trinajstić information content (AvgIpc) is 3.87. The first-order valence-corrected chi connectivity index (χ1v) is 19.6. The van der Waals surface area contributed by atoms with Crippen molar-refractivity contribution in [2.75, 3.05) is 0 Å². The summed E-state index contributed by atoms with van der Waals surface area (Å²) < 4.78 is 4.80.